The van der Waals surface area contributed by atoms with E-state index in [1.54, 1.807) is 6.92 Å². The SMILES string of the molecule is Cc1nc(CN2CCCC2)sc1C(=O)Nc1cccc(C(F)(F)F)c1. The minimum Gasteiger partial charge on any atom is -0.321 e. The Bertz CT molecular complexity index is 767. The van der Waals surface area contributed by atoms with Crippen LogP contribution in [0.15, 0.2) is 24.3 Å². The summed E-state index contributed by atoms with van der Waals surface area (Å²) in [6, 6.07) is 4.62. The number of halogens is 3. The molecule has 1 saturated heterocycles. The Morgan fingerprint density at radius 1 is 1.32 bits per heavy atom. The van der Waals surface area contributed by atoms with Crippen molar-refractivity contribution < 1.29 is 18.0 Å². The first-order valence-corrected chi connectivity index (χ1v) is 8.82. The van der Waals surface area contributed by atoms with Gasteiger partial charge in [0.1, 0.15) is 9.88 Å². The van der Waals surface area contributed by atoms with Gasteiger partial charge >= 0.3 is 6.18 Å². The molecule has 0 unspecified atom stereocenters. The van der Waals surface area contributed by atoms with Gasteiger partial charge in [0.2, 0.25) is 0 Å². The van der Waals surface area contributed by atoms with Crippen LogP contribution in [0.1, 0.15) is 38.8 Å². The summed E-state index contributed by atoms with van der Waals surface area (Å²) in [5.74, 6) is -0.429. The fourth-order valence-electron chi connectivity index (χ4n) is 2.82. The average molecular weight is 369 g/mol. The van der Waals surface area contributed by atoms with Crippen LogP contribution in [-0.4, -0.2) is 28.9 Å². The van der Waals surface area contributed by atoms with Crippen LogP contribution >= 0.6 is 11.3 Å². The van der Waals surface area contributed by atoms with Crippen molar-refractivity contribution in [2.75, 3.05) is 18.4 Å². The highest BCUT2D eigenvalue weighted by atomic mass is 32.1. The van der Waals surface area contributed by atoms with Crippen molar-refractivity contribution in [3.63, 3.8) is 0 Å². The van der Waals surface area contributed by atoms with Crippen LogP contribution < -0.4 is 5.32 Å². The van der Waals surface area contributed by atoms with E-state index in [1.807, 2.05) is 0 Å². The number of carbonyl (C=O) groups is 1. The van der Waals surface area contributed by atoms with Crippen molar-refractivity contribution >= 4 is 22.9 Å². The first kappa shape index (κ1) is 17.9. The Morgan fingerprint density at radius 2 is 2.04 bits per heavy atom. The standard InChI is InChI=1S/C17H18F3N3OS/c1-11-15(25-14(21-11)10-23-7-2-3-8-23)16(24)22-13-6-4-5-12(9-13)17(18,19)20/h4-6,9H,2-3,7-8,10H2,1H3,(H,22,24). The second-order valence-electron chi connectivity index (χ2n) is 6.04. The molecule has 8 heteroatoms. The molecule has 0 spiro atoms. The van der Waals surface area contributed by atoms with Gasteiger partial charge in [-0.05, 0) is 51.1 Å². The summed E-state index contributed by atoms with van der Waals surface area (Å²) in [6.45, 7) is 4.52. The van der Waals surface area contributed by atoms with Crippen molar-refractivity contribution in [3.8, 4) is 0 Å². The number of anilines is 1. The van der Waals surface area contributed by atoms with Gasteiger partial charge < -0.3 is 5.32 Å². The summed E-state index contributed by atoms with van der Waals surface area (Å²) in [5.41, 5.74) is -0.0709. The van der Waals surface area contributed by atoms with E-state index in [0.29, 0.717) is 17.1 Å². The molecule has 0 aliphatic carbocycles. The monoisotopic (exact) mass is 369 g/mol. The number of carbonyl (C=O) groups excluding carboxylic acids is 1. The minimum atomic E-state index is -4.44. The molecule has 1 aliphatic rings. The fraction of sp³-hybridized carbons (Fsp3) is 0.412. The summed E-state index contributed by atoms with van der Waals surface area (Å²) >= 11 is 1.30. The smallest absolute Gasteiger partial charge is 0.321 e. The van der Waals surface area contributed by atoms with Crippen LogP contribution in [-0.2, 0) is 12.7 Å². The van der Waals surface area contributed by atoms with Gasteiger partial charge in [0.25, 0.3) is 5.91 Å². The Kier molecular flexibility index (Phi) is 5.10. The van der Waals surface area contributed by atoms with Crippen molar-refractivity contribution in [3.05, 3.63) is 45.4 Å². The van der Waals surface area contributed by atoms with Crippen LogP contribution in [0.2, 0.25) is 0 Å². The number of alkyl halides is 3. The number of hydrogen-bond acceptors (Lipinski definition) is 4. The maximum absolute atomic E-state index is 12.8. The average Bonchev–Trinajstić information content (AvgIpc) is 3.17. The fourth-order valence-corrected chi connectivity index (χ4v) is 3.83. The normalized spacial score (nSPS) is 15.5. The molecule has 1 aliphatic heterocycles. The molecule has 4 nitrogen and oxygen atoms in total. The van der Waals surface area contributed by atoms with Gasteiger partial charge in [-0.2, -0.15) is 13.2 Å². The van der Waals surface area contributed by atoms with Gasteiger partial charge in [0.15, 0.2) is 0 Å². The molecule has 2 heterocycles. The number of nitrogens with zero attached hydrogens (tertiary/aromatic N) is 2. The van der Waals surface area contributed by atoms with Gasteiger partial charge in [0, 0.05) is 5.69 Å². The molecule has 1 fully saturated rings. The van der Waals surface area contributed by atoms with E-state index in [2.05, 4.69) is 15.2 Å². The third-order valence-corrected chi connectivity index (χ3v) is 5.19. The van der Waals surface area contributed by atoms with E-state index < -0.39 is 17.6 Å². The first-order valence-electron chi connectivity index (χ1n) is 8.00. The summed E-state index contributed by atoms with van der Waals surface area (Å²) < 4.78 is 38.3. The Morgan fingerprint density at radius 3 is 2.72 bits per heavy atom. The number of amides is 1. The number of likely N-dealkylation sites (tertiary alicyclic amines) is 1. The molecule has 1 N–H and O–H groups in total. The maximum Gasteiger partial charge on any atom is 0.416 e. The van der Waals surface area contributed by atoms with Crippen molar-refractivity contribution in [1.82, 2.24) is 9.88 Å². The molecule has 1 amide bonds. The molecule has 3 rings (SSSR count). The van der Waals surface area contributed by atoms with Gasteiger partial charge in [-0.25, -0.2) is 4.98 Å². The lowest BCUT2D eigenvalue weighted by Gasteiger charge is -2.11. The van der Waals surface area contributed by atoms with Gasteiger partial charge in [0.05, 0.1) is 17.8 Å². The number of thiazole rings is 1. The number of hydrogen-bond donors (Lipinski definition) is 1. The van der Waals surface area contributed by atoms with Crippen molar-refractivity contribution in [2.24, 2.45) is 0 Å². The maximum atomic E-state index is 12.8. The Labute approximate surface area is 147 Å². The van der Waals surface area contributed by atoms with Crippen LogP contribution in [0.3, 0.4) is 0 Å². The molecule has 2 aromatic rings. The predicted octanol–water partition coefficient (Wildman–Crippen LogP) is 4.32. The zero-order valence-electron chi connectivity index (χ0n) is 13.7. The van der Waals surface area contributed by atoms with E-state index in [1.165, 1.54) is 36.3 Å². The van der Waals surface area contributed by atoms with E-state index in [0.717, 1.165) is 30.2 Å². The third-order valence-electron chi connectivity index (χ3n) is 4.05. The van der Waals surface area contributed by atoms with E-state index >= 15 is 0 Å². The number of benzene rings is 1. The van der Waals surface area contributed by atoms with Crippen LogP contribution in [0.5, 0.6) is 0 Å². The quantitative estimate of drug-likeness (QED) is 0.873. The number of nitrogens with one attached hydrogen (secondary N) is 1. The van der Waals surface area contributed by atoms with Crippen molar-refractivity contribution in [2.45, 2.75) is 32.5 Å². The highest BCUT2D eigenvalue weighted by molar-refractivity contribution is 7.13. The Balaban J connectivity index is 1.72. The molecule has 0 saturated carbocycles. The van der Waals surface area contributed by atoms with Crippen LogP contribution in [0, 0.1) is 6.92 Å². The highest BCUT2D eigenvalue weighted by Gasteiger charge is 2.30. The lowest BCUT2D eigenvalue weighted by atomic mass is 10.2. The summed E-state index contributed by atoms with van der Waals surface area (Å²) in [6.07, 6.45) is -2.09. The number of aryl methyl sites for hydroxylation is 1. The molecule has 1 aromatic heterocycles. The number of rotatable bonds is 4. The number of aromatic nitrogens is 1. The predicted molar refractivity (Wildman–Crippen MR) is 90.8 cm³/mol. The van der Waals surface area contributed by atoms with Gasteiger partial charge in [-0.15, -0.1) is 11.3 Å². The zero-order valence-corrected chi connectivity index (χ0v) is 14.5. The second-order valence-corrected chi connectivity index (χ2v) is 7.12. The topological polar surface area (TPSA) is 45.2 Å². The van der Waals surface area contributed by atoms with E-state index in [-0.39, 0.29) is 5.69 Å². The largest absolute Gasteiger partial charge is 0.416 e. The molecular formula is C17H18F3N3OS. The highest BCUT2D eigenvalue weighted by Crippen LogP contribution is 2.31. The summed E-state index contributed by atoms with van der Waals surface area (Å²) in [4.78, 5) is 19.6. The molecular weight excluding hydrogens is 351 g/mol. The minimum absolute atomic E-state index is 0.119. The molecule has 0 atom stereocenters. The molecule has 134 valence electrons. The lowest BCUT2D eigenvalue weighted by molar-refractivity contribution is -0.137. The lowest BCUT2D eigenvalue weighted by Crippen LogP contribution is -2.18. The molecule has 0 radical (unpaired) electrons. The molecule has 0 bridgehead atoms. The van der Waals surface area contributed by atoms with E-state index in [4.69, 9.17) is 0 Å². The first-order chi connectivity index (χ1) is 11.8. The van der Waals surface area contributed by atoms with E-state index in [9.17, 15) is 18.0 Å². The summed E-state index contributed by atoms with van der Waals surface area (Å²) in [7, 11) is 0. The third kappa shape index (κ3) is 4.38. The van der Waals surface area contributed by atoms with Crippen molar-refractivity contribution in [1.29, 1.82) is 0 Å². The van der Waals surface area contributed by atoms with Gasteiger partial charge in [-0.1, -0.05) is 6.07 Å². The zero-order chi connectivity index (χ0) is 18.0. The van der Waals surface area contributed by atoms with Gasteiger partial charge in [-0.3, -0.25) is 9.69 Å². The van der Waals surface area contributed by atoms with Crippen LogP contribution in [0.4, 0.5) is 18.9 Å². The Hall–Kier alpha value is -1.93. The van der Waals surface area contributed by atoms with Crippen LogP contribution in [0.25, 0.3) is 0 Å². The molecule has 1 aromatic carbocycles. The second kappa shape index (κ2) is 7.13. The summed E-state index contributed by atoms with van der Waals surface area (Å²) in [5, 5.41) is 3.39. The molecule has 25 heavy (non-hydrogen) atoms.